The lowest BCUT2D eigenvalue weighted by molar-refractivity contribution is -0.132. The van der Waals surface area contributed by atoms with Gasteiger partial charge in [0.25, 0.3) is 11.7 Å². The molecule has 8 nitrogen and oxygen atoms in total. The van der Waals surface area contributed by atoms with Gasteiger partial charge >= 0.3 is 0 Å². The van der Waals surface area contributed by atoms with Crippen LogP contribution in [0.5, 0.6) is 11.5 Å². The highest BCUT2D eigenvalue weighted by Crippen LogP contribution is 2.43. The summed E-state index contributed by atoms with van der Waals surface area (Å²) in [4.78, 5) is 32.0. The average Bonchev–Trinajstić information content (AvgIpc) is 3.15. The van der Waals surface area contributed by atoms with E-state index in [2.05, 4.69) is 4.98 Å². The van der Waals surface area contributed by atoms with Crippen molar-refractivity contribution in [1.82, 2.24) is 4.98 Å². The predicted molar refractivity (Wildman–Crippen MR) is 129 cm³/mol. The number of carbonyl (C=O) groups is 2. The van der Waals surface area contributed by atoms with Crippen molar-refractivity contribution in [1.29, 1.82) is 5.26 Å². The molecular weight excluding hydrogens is 446 g/mol. The molecule has 1 aromatic heterocycles. The summed E-state index contributed by atoms with van der Waals surface area (Å²) >= 11 is 0. The average molecular weight is 469 g/mol. The molecule has 1 saturated heterocycles. The quantitative estimate of drug-likeness (QED) is 0.310. The fourth-order valence-electron chi connectivity index (χ4n) is 4.02. The minimum Gasteiger partial charge on any atom is -0.507 e. The predicted octanol–water partition coefficient (Wildman–Crippen LogP) is 4.38. The molecule has 1 unspecified atom stereocenters. The van der Waals surface area contributed by atoms with Crippen LogP contribution in [0.2, 0.25) is 0 Å². The number of rotatable bonds is 7. The number of nitriles is 1. The van der Waals surface area contributed by atoms with Crippen molar-refractivity contribution >= 4 is 23.1 Å². The molecule has 2 heterocycles. The Hall–Kier alpha value is -4.64. The van der Waals surface area contributed by atoms with E-state index in [-0.39, 0.29) is 16.9 Å². The number of hydrogen-bond donors (Lipinski definition) is 1. The molecule has 176 valence electrons. The maximum Gasteiger partial charge on any atom is 0.300 e. The number of Topliss-reactive ketones (excluding diaryl/α,β-unsaturated/α-hetero) is 1. The number of ketones is 1. The van der Waals surface area contributed by atoms with Crippen LogP contribution in [0.25, 0.3) is 5.76 Å². The van der Waals surface area contributed by atoms with Crippen molar-refractivity contribution in [3.63, 3.8) is 0 Å². The fourth-order valence-corrected chi connectivity index (χ4v) is 4.02. The summed E-state index contributed by atoms with van der Waals surface area (Å²) in [5, 5.41) is 20.5. The molecular formula is C27H23N3O5. The number of hydrogen-bond acceptors (Lipinski definition) is 7. The molecule has 4 rings (SSSR count). The van der Waals surface area contributed by atoms with Gasteiger partial charge in [-0.2, -0.15) is 5.26 Å². The second kappa shape index (κ2) is 10.1. The number of aliphatic hydroxyl groups is 1. The van der Waals surface area contributed by atoms with E-state index in [4.69, 9.17) is 14.7 Å². The molecule has 1 atom stereocenters. The standard InChI is InChI=1S/C27H23N3O5/c1-3-34-20-11-12-21(22(14-20)35-4-2)25(31)23-24(18-6-5-13-29-16-18)30(27(33)26(23)32)19-9-7-17(15-28)8-10-19/h5-14,16,24,31H,3-4H2,1-2H3/b25-23-. The number of carbonyl (C=O) groups excluding carboxylic acids is 2. The summed E-state index contributed by atoms with van der Waals surface area (Å²) in [6.07, 6.45) is 3.12. The first-order valence-electron chi connectivity index (χ1n) is 11.1. The first-order chi connectivity index (χ1) is 17.0. The fraction of sp³-hybridized carbons (Fsp3) is 0.185. The lowest BCUT2D eigenvalue weighted by Crippen LogP contribution is -2.29. The highest BCUT2D eigenvalue weighted by Gasteiger charge is 2.47. The molecule has 3 aromatic rings. The van der Waals surface area contributed by atoms with Gasteiger partial charge in [-0.3, -0.25) is 19.5 Å². The Morgan fingerprint density at radius 3 is 2.46 bits per heavy atom. The van der Waals surface area contributed by atoms with Crippen LogP contribution in [0.4, 0.5) is 5.69 Å². The van der Waals surface area contributed by atoms with E-state index in [0.717, 1.165) is 0 Å². The van der Waals surface area contributed by atoms with E-state index in [1.165, 1.54) is 4.90 Å². The van der Waals surface area contributed by atoms with Crippen molar-refractivity contribution < 1.29 is 24.2 Å². The highest BCUT2D eigenvalue weighted by atomic mass is 16.5. The van der Waals surface area contributed by atoms with Crippen LogP contribution in [0, 0.1) is 11.3 Å². The van der Waals surface area contributed by atoms with Gasteiger partial charge in [-0.1, -0.05) is 6.07 Å². The number of aliphatic hydroxyl groups excluding tert-OH is 1. The molecule has 0 saturated carbocycles. The molecule has 1 amide bonds. The molecule has 0 bridgehead atoms. The lowest BCUT2D eigenvalue weighted by atomic mass is 9.95. The van der Waals surface area contributed by atoms with Crippen LogP contribution in [0.3, 0.4) is 0 Å². The molecule has 35 heavy (non-hydrogen) atoms. The van der Waals surface area contributed by atoms with Gasteiger partial charge in [0.15, 0.2) is 0 Å². The third-order valence-corrected chi connectivity index (χ3v) is 5.54. The number of amides is 1. The van der Waals surface area contributed by atoms with Crippen LogP contribution in [0.1, 0.15) is 36.6 Å². The second-order valence-electron chi connectivity index (χ2n) is 7.64. The first kappa shape index (κ1) is 23.5. The molecule has 1 aliphatic rings. The number of pyridine rings is 1. The Morgan fingerprint density at radius 2 is 1.83 bits per heavy atom. The van der Waals surface area contributed by atoms with E-state index >= 15 is 0 Å². The summed E-state index contributed by atoms with van der Waals surface area (Å²) < 4.78 is 11.3. The zero-order valence-electron chi connectivity index (χ0n) is 19.3. The van der Waals surface area contributed by atoms with Gasteiger partial charge in [-0.05, 0) is 61.9 Å². The first-order valence-corrected chi connectivity index (χ1v) is 11.1. The molecule has 1 N–H and O–H groups in total. The van der Waals surface area contributed by atoms with Crippen LogP contribution < -0.4 is 14.4 Å². The number of benzene rings is 2. The van der Waals surface area contributed by atoms with E-state index in [9.17, 15) is 14.7 Å². The third kappa shape index (κ3) is 4.44. The van der Waals surface area contributed by atoms with Gasteiger partial charge in [0.05, 0.1) is 42.0 Å². The summed E-state index contributed by atoms with van der Waals surface area (Å²) in [7, 11) is 0. The summed E-state index contributed by atoms with van der Waals surface area (Å²) in [5.41, 5.74) is 1.55. The van der Waals surface area contributed by atoms with Gasteiger partial charge in [-0.15, -0.1) is 0 Å². The SMILES string of the molecule is CCOc1ccc(/C(O)=C2/C(=O)C(=O)N(c3ccc(C#N)cc3)C2c2cccnc2)c(OCC)c1. The van der Waals surface area contributed by atoms with Gasteiger partial charge < -0.3 is 14.6 Å². The molecule has 8 heteroatoms. The van der Waals surface area contributed by atoms with Crippen LogP contribution in [-0.2, 0) is 9.59 Å². The summed E-state index contributed by atoms with van der Waals surface area (Å²) in [6, 6.07) is 15.7. The third-order valence-electron chi connectivity index (χ3n) is 5.54. The minimum absolute atomic E-state index is 0.0857. The number of anilines is 1. The second-order valence-corrected chi connectivity index (χ2v) is 7.64. The monoisotopic (exact) mass is 469 g/mol. The van der Waals surface area contributed by atoms with Crippen LogP contribution >= 0.6 is 0 Å². The van der Waals surface area contributed by atoms with Crippen LogP contribution in [-0.4, -0.2) is 35.0 Å². The number of aromatic nitrogens is 1. The van der Waals surface area contributed by atoms with Crippen molar-refractivity contribution in [3.05, 3.63) is 89.3 Å². The minimum atomic E-state index is -0.933. The lowest BCUT2D eigenvalue weighted by Gasteiger charge is -2.25. The zero-order chi connectivity index (χ0) is 24.9. The van der Waals surface area contributed by atoms with E-state index in [1.807, 2.05) is 13.0 Å². The molecule has 2 aromatic carbocycles. The largest absolute Gasteiger partial charge is 0.507 e. The normalized spacial score (nSPS) is 16.7. The highest BCUT2D eigenvalue weighted by molar-refractivity contribution is 6.51. The molecule has 1 aliphatic heterocycles. The molecule has 0 aliphatic carbocycles. The Labute approximate surface area is 202 Å². The number of nitrogens with zero attached hydrogens (tertiary/aromatic N) is 3. The van der Waals surface area contributed by atoms with Gasteiger partial charge in [-0.25, -0.2) is 0 Å². The number of ether oxygens (including phenoxy) is 2. The Bertz CT molecular complexity index is 1330. The van der Waals surface area contributed by atoms with E-state index < -0.39 is 17.7 Å². The van der Waals surface area contributed by atoms with Crippen molar-refractivity contribution in [2.45, 2.75) is 19.9 Å². The van der Waals surface area contributed by atoms with E-state index in [0.29, 0.717) is 41.5 Å². The van der Waals surface area contributed by atoms with Crippen molar-refractivity contribution in [2.24, 2.45) is 0 Å². The molecule has 0 radical (unpaired) electrons. The van der Waals surface area contributed by atoms with Gasteiger partial charge in [0.1, 0.15) is 17.3 Å². The van der Waals surface area contributed by atoms with E-state index in [1.54, 1.807) is 73.9 Å². The summed E-state index contributed by atoms with van der Waals surface area (Å²) in [5.74, 6) is -1.12. The Balaban J connectivity index is 1.92. The summed E-state index contributed by atoms with van der Waals surface area (Å²) in [6.45, 7) is 4.43. The Morgan fingerprint density at radius 1 is 1.09 bits per heavy atom. The van der Waals surface area contributed by atoms with Crippen molar-refractivity contribution in [2.75, 3.05) is 18.1 Å². The smallest absolute Gasteiger partial charge is 0.300 e. The topological polar surface area (TPSA) is 113 Å². The van der Waals surface area contributed by atoms with Crippen molar-refractivity contribution in [3.8, 4) is 17.6 Å². The molecule has 1 fully saturated rings. The maximum absolute atomic E-state index is 13.3. The van der Waals surface area contributed by atoms with Crippen LogP contribution in [0.15, 0.2) is 72.6 Å². The zero-order valence-corrected chi connectivity index (χ0v) is 19.3. The van der Waals surface area contributed by atoms with Gasteiger partial charge in [0.2, 0.25) is 0 Å². The van der Waals surface area contributed by atoms with Gasteiger partial charge in [0, 0.05) is 24.1 Å². The Kier molecular flexibility index (Phi) is 6.78. The molecule has 0 spiro atoms. The maximum atomic E-state index is 13.3.